The molecule has 0 radical (unpaired) electrons. The fourth-order valence-electron chi connectivity index (χ4n) is 3.35. The predicted octanol–water partition coefficient (Wildman–Crippen LogP) is 0.832. The lowest BCUT2D eigenvalue weighted by molar-refractivity contribution is 0.583. The van der Waals surface area contributed by atoms with Crippen molar-refractivity contribution in [3.8, 4) is 22.5 Å². The summed E-state index contributed by atoms with van der Waals surface area (Å²) in [6.45, 7) is 1.66. The van der Waals surface area contributed by atoms with Crippen molar-refractivity contribution in [2.24, 2.45) is 10.9 Å². The van der Waals surface area contributed by atoms with Crippen LogP contribution in [0.25, 0.3) is 32.7 Å². The van der Waals surface area contributed by atoms with Gasteiger partial charge in [0.25, 0.3) is 0 Å². The van der Waals surface area contributed by atoms with Crippen molar-refractivity contribution in [3.63, 3.8) is 0 Å². The van der Waals surface area contributed by atoms with Crippen molar-refractivity contribution >= 4 is 41.4 Å². The number of tetrazole rings is 1. The summed E-state index contributed by atoms with van der Waals surface area (Å²) < 4.78 is 51.8. The number of aromatic nitrogens is 5. The van der Waals surface area contributed by atoms with Crippen molar-refractivity contribution in [2.45, 2.75) is 16.7 Å². The van der Waals surface area contributed by atoms with Crippen LogP contribution in [-0.2, 0) is 19.9 Å². The first-order valence-electron chi connectivity index (χ1n) is 8.86. The van der Waals surface area contributed by atoms with Gasteiger partial charge in [-0.1, -0.05) is 18.2 Å². The molecule has 14 heteroatoms. The minimum atomic E-state index is -4.53. The average molecular weight is 480 g/mol. The monoisotopic (exact) mass is 479 g/mol. The van der Waals surface area contributed by atoms with Crippen LogP contribution in [-0.4, -0.2) is 54.7 Å². The third-order valence-corrected chi connectivity index (χ3v) is 8.35. The first-order chi connectivity index (χ1) is 14.6. The van der Waals surface area contributed by atoms with E-state index in [0.29, 0.717) is 16.6 Å². The Morgan fingerprint density at radius 2 is 1.87 bits per heavy atom. The van der Waals surface area contributed by atoms with E-state index in [2.05, 4.69) is 25.6 Å². The lowest BCUT2D eigenvalue weighted by atomic mass is 9.98. The highest BCUT2D eigenvalue weighted by Crippen LogP contribution is 2.41. The molecule has 0 saturated heterocycles. The molecule has 0 spiro atoms. The highest BCUT2D eigenvalue weighted by molar-refractivity contribution is 7.93. The summed E-state index contributed by atoms with van der Waals surface area (Å²) >= 11 is 1.47. The molecule has 0 aliphatic carbocycles. The molecule has 0 unspecified atom stereocenters. The maximum absolute atomic E-state index is 12.8. The minimum Gasteiger partial charge on any atom is -0.329 e. The van der Waals surface area contributed by atoms with Gasteiger partial charge >= 0.3 is 0 Å². The van der Waals surface area contributed by atoms with Gasteiger partial charge in [0.05, 0.1) is 31.4 Å². The number of thiazole rings is 1. The zero-order valence-corrected chi connectivity index (χ0v) is 18.6. The second-order valence-corrected chi connectivity index (χ2v) is 11.4. The highest BCUT2D eigenvalue weighted by Gasteiger charge is 2.32. The summed E-state index contributed by atoms with van der Waals surface area (Å²) in [7, 11) is -8.59. The lowest BCUT2D eigenvalue weighted by Crippen LogP contribution is -2.22. The van der Waals surface area contributed by atoms with Gasteiger partial charge in [0.15, 0.2) is 9.84 Å². The summed E-state index contributed by atoms with van der Waals surface area (Å²) in [6.07, 6.45) is 0. The molecule has 2 aromatic heterocycles. The molecule has 0 saturated carbocycles. The lowest BCUT2D eigenvalue weighted by Gasteiger charge is -2.16. The molecule has 0 atom stereocenters. The largest absolute Gasteiger partial charge is 0.329 e. The zero-order chi connectivity index (χ0) is 22.4. The topological polar surface area (TPSA) is 188 Å². The number of nitrogens with two attached hydrogens (primary N) is 2. The Kier molecular flexibility index (Phi) is 5.35. The van der Waals surface area contributed by atoms with Gasteiger partial charge < -0.3 is 5.73 Å². The van der Waals surface area contributed by atoms with Crippen molar-refractivity contribution in [3.05, 3.63) is 35.3 Å². The van der Waals surface area contributed by atoms with Crippen molar-refractivity contribution in [1.82, 2.24) is 25.6 Å². The van der Waals surface area contributed by atoms with Crippen LogP contribution in [0.15, 0.2) is 40.1 Å². The molecule has 0 fully saturated rings. The van der Waals surface area contributed by atoms with E-state index in [4.69, 9.17) is 10.9 Å². The van der Waals surface area contributed by atoms with Crippen LogP contribution in [0, 0.1) is 6.92 Å². The summed E-state index contributed by atoms with van der Waals surface area (Å²) in [5, 5.41) is 19.9. The fraction of sp³-hybridized carbons (Fsp3) is 0.176. The highest BCUT2D eigenvalue weighted by atomic mass is 32.2. The smallest absolute Gasteiger partial charge is 0.240 e. The van der Waals surface area contributed by atoms with E-state index >= 15 is 0 Å². The quantitative estimate of drug-likeness (QED) is 0.360. The van der Waals surface area contributed by atoms with Gasteiger partial charge in [-0.05, 0) is 29.8 Å². The molecule has 11 nitrogen and oxygen atoms in total. The second-order valence-electron chi connectivity index (χ2n) is 6.59. The standard InChI is InChI=1S/C17H17N7O4S3/c1-9-20-15-11(3-2-4-12(15)29-9)10-5-6-13(30(25,26)8-7-18)16(31(19,27)28)14(10)17-21-23-24-22-17/h2-6H,7-8,18H2,1H3,(H2,19,27,28)(H,21,22,23,24). The van der Waals surface area contributed by atoms with Gasteiger partial charge in [0.1, 0.15) is 4.90 Å². The molecule has 2 aromatic carbocycles. The van der Waals surface area contributed by atoms with Crippen LogP contribution in [0.3, 0.4) is 0 Å². The van der Waals surface area contributed by atoms with E-state index < -0.39 is 35.4 Å². The van der Waals surface area contributed by atoms with E-state index in [1.165, 1.54) is 23.5 Å². The molecule has 0 bridgehead atoms. The summed E-state index contributed by atoms with van der Waals surface area (Å²) in [6, 6.07) is 8.14. The SMILES string of the molecule is Cc1nc2c(-c3ccc(S(=O)(=O)CCN)c(S(N)(=O)=O)c3-c3nn[nH]n3)cccc2s1. The number of para-hydroxylation sites is 1. The number of H-pyrrole nitrogens is 1. The molecule has 2 heterocycles. The number of aryl methyl sites for hydroxylation is 1. The fourth-order valence-corrected chi connectivity index (χ4v) is 6.95. The Bertz CT molecular complexity index is 1490. The van der Waals surface area contributed by atoms with Gasteiger partial charge in [-0.2, -0.15) is 5.21 Å². The van der Waals surface area contributed by atoms with Gasteiger partial charge in [0, 0.05) is 12.1 Å². The van der Waals surface area contributed by atoms with E-state index in [1.807, 2.05) is 13.0 Å². The zero-order valence-electron chi connectivity index (χ0n) is 16.1. The minimum absolute atomic E-state index is 0.0764. The van der Waals surface area contributed by atoms with E-state index in [-0.39, 0.29) is 17.9 Å². The van der Waals surface area contributed by atoms with Crippen molar-refractivity contribution < 1.29 is 16.8 Å². The molecule has 4 rings (SSSR count). The number of rotatable bonds is 6. The molecule has 4 aromatic rings. The van der Waals surface area contributed by atoms with Crippen LogP contribution in [0.4, 0.5) is 0 Å². The number of sulfone groups is 1. The first kappa shape index (κ1) is 21.5. The molecule has 0 aliphatic rings. The Morgan fingerprint density at radius 1 is 1.10 bits per heavy atom. The number of aromatic amines is 1. The maximum Gasteiger partial charge on any atom is 0.240 e. The summed E-state index contributed by atoms with van der Waals surface area (Å²) in [4.78, 5) is 3.47. The predicted molar refractivity (Wildman–Crippen MR) is 115 cm³/mol. The Morgan fingerprint density at radius 3 is 2.52 bits per heavy atom. The van der Waals surface area contributed by atoms with Crippen LogP contribution < -0.4 is 10.9 Å². The maximum atomic E-state index is 12.8. The van der Waals surface area contributed by atoms with Crippen molar-refractivity contribution in [1.29, 1.82) is 0 Å². The number of primary sulfonamides is 1. The molecular formula is C17H17N7O4S3. The number of hydrogen-bond acceptors (Lipinski definition) is 10. The molecule has 162 valence electrons. The van der Waals surface area contributed by atoms with E-state index in [1.54, 1.807) is 12.1 Å². The number of fused-ring (bicyclic) bond motifs is 1. The molecule has 5 N–H and O–H groups in total. The van der Waals surface area contributed by atoms with Gasteiger partial charge in [-0.15, -0.1) is 21.5 Å². The Hall–Kier alpha value is -2.78. The van der Waals surface area contributed by atoms with Gasteiger partial charge in [-0.3, -0.25) is 0 Å². The Labute approximate surface area is 181 Å². The third-order valence-electron chi connectivity index (χ3n) is 4.51. The van der Waals surface area contributed by atoms with Gasteiger partial charge in [-0.25, -0.2) is 27.0 Å². The number of sulfonamides is 1. The van der Waals surface area contributed by atoms with E-state index in [0.717, 1.165) is 9.71 Å². The molecule has 0 amide bonds. The van der Waals surface area contributed by atoms with Crippen LogP contribution in [0.2, 0.25) is 0 Å². The Balaban J connectivity index is 2.18. The first-order valence-corrected chi connectivity index (χ1v) is 12.9. The second kappa shape index (κ2) is 7.72. The number of nitrogens with one attached hydrogen (secondary N) is 1. The van der Waals surface area contributed by atoms with Gasteiger partial charge in [0.2, 0.25) is 15.8 Å². The molecule has 31 heavy (non-hydrogen) atoms. The normalized spacial score (nSPS) is 12.5. The van der Waals surface area contributed by atoms with Crippen LogP contribution >= 0.6 is 11.3 Å². The number of benzene rings is 2. The van der Waals surface area contributed by atoms with Crippen LogP contribution in [0.5, 0.6) is 0 Å². The molecular weight excluding hydrogens is 462 g/mol. The van der Waals surface area contributed by atoms with Crippen LogP contribution in [0.1, 0.15) is 5.01 Å². The third kappa shape index (κ3) is 3.83. The van der Waals surface area contributed by atoms with Crippen molar-refractivity contribution in [2.75, 3.05) is 12.3 Å². The molecule has 0 aliphatic heterocycles. The summed E-state index contributed by atoms with van der Waals surface area (Å²) in [5.74, 6) is -0.575. The number of hydrogen-bond donors (Lipinski definition) is 3. The number of nitrogens with zero attached hydrogens (tertiary/aromatic N) is 4. The summed E-state index contributed by atoms with van der Waals surface area (Å²) in [5.41, 5.74) is 6.91. The van der Waals surface area contributed by atoms with E-state index in [9.17, 15) is 16.8 Å². The average Bonchev–Trinajstić information content (AvgIpc) is 3.34.